The summed E-state index contributed by atoms with van der Waals surface area (Å²) in [7, 11) is 0. The first-order valence-electron chi connectivity index (χ1n) is 14.1. The Morgan fingerprint density at radius 1 is 0.595 bits per heavy atom. The summed E-state index contributed by atoms with van der Waals surface area (Å²) < 4.78 is 17.6. The first kappa shape index (κ1) is 28.6. The van der Waals surface area contributed by atoms with Gasteiger partial charge in [-0.1, -0.05) is 70.9 Å². The Labute approximate surface area is 223 Å². The van der Waals surface area contributed by atoms with Crippen LogP contribution in [0.25, 0.3) is 22.5 Å². The molecule has 1 aromatic heterocycles. The first-order chi connectivity index (χ1) is 18.2. The topological polar surface area (TPSA) is 53.5 Å². The first-order valence-corrected chi connectivity index (χ1v) is 14.1. The molecule has 0 fully saturated rings. The van der Waals surface area contributed by atoms with Gasteiger partial charge in [0.2, 0.25) is 0 Å². The number of ether oxygens (including phenoxy) is 3. The second-order valence-corrected chi connectivity index (χ2v) is 9.66. The van der Waals surface area contributed by atoms with E-state index >= 15 is 0 Å². The van der Waals surface area contributed by atoms with Gasteiger partial charge in [-0.05, 0) is 61.7 Å². The van der Waals surface area contributed by atoms with E-state index in [2.05, 4.69) is 30.7 Å². The highest BCUT2D eigenvalue weighted by Crippen LogP contribution is 2.24. The van der Waals surface area contributed by atoms with Gasteiger partial charge in [-0.25, -0.2) is 9.97 Å². The highest BCUT2D eigenvalue weighted by Gasteiger charge is 2.06. The summed E-state index contributed by atoms with van der Waals surface area (Å²) in [4.78, 5) is 9.18. The Morgan fingerprint density at radius 3 is 1.81 bits per heavy atom. The lowest BCUT2D eigenvalue weighted by atomic mass is 10.1. The minimum atomic E-state index is 0.0819. The third-order valence-electron chi connectivity index (χ3n) is 6.35. The van der Waals surface area contributed by atoms with Gasteiger partial charge in [0.25, 0.3) is 0 Å². The number of unbranched alkanes of at least 4 members (excludes halogenated alkanes) is 7. The second kappa shape index (κ2) is 16.8. The molecule has 0 spiro atoms. The summed E-state index contributed by atoms with van der Waals surface area (Å²) in [6.45, 7) is 8.61. The number of hydrogen-bond donors (Lipinski definition) is 0. The van der Waals surface area contributed by atoms with Crippen molar-refractivity contribution in [3.63, 3.8) is 0 Å². The van der Waals surface area contributed by atoms with E-state index in [9.17, 15) is 0 Å². The Kier molecular flexibility index (Phi) is 13.0. The van der Waals surface area contributed by atoms with Crippen molar-refractivity contribution in [3.8, 4) is 34.0 Å². The zero-order chi connectivity index (χ0) is 26.1. The van der Waals surface area contributed by atoms with Crippen molar-refractivity contribution in [3.05, 3.63) is 60.9 Å². The van der Waals surface area contributed by atoms with Crippen molar-refractivity contribution in [2.24, 2.45) is 0 Å². The molecular weight excluding hydrogens is 460 g/mol. The Bertz CT molecular complexity index is 988. The number of aromatic nitrogens is 2. The second-order valence-electron chi connectivity index (χ2n) is 9.66. The number of hydrogen-bond acceptors (Lipinski definition) is 5. The number of nitrogens with zero attached hydrogens (tertiary/aromatic N) is 2. The van der Waals surface area contributed by atoms with Crippen LogP contribution >= 0.6 is 0 Å². The molecule has 0 saturated carbocycles. The molecule has 0 amide bonds. The Hall–Kier alpha value is -2.92. The average Bonchev–Trinajstić information content (AvgIpc) is 2.94. The lowest BCUT2D eigenvalue weighted by Crippen LogP contribution is -2.18. The average molecular weight is 505 g/mol. The van der Waals surface area contributed by atoms with Gasteiger partial charge in [0.15, 0.2) is 5.82 Å². The quantitative estimate of drug-likeness (QED) is 0.162. The molecule has 1 heterocycles. The molecule has 5 heteroatoms. The molecule has 3 aromatic rings. The summed E-state index contributed by atoms with van der Waals surface area (Å²) in [5.74, 6) is 2.44. The molecule has 0 aliphatic heterocycles. The number of rotatable bonds is 18. The van der Waals surface area contributed by atoms with Gasteiger partial charge in [0.1, 0.15) is 18.1 Å². The van der Waals surface area contributed by atoms with Crippen molar-refractivity contribution in [1.29, 1.82) is 0 Å². The molecular formula is C32H44N2O3. The van der Waals surface area contributed by atoms with Crippen LogP contribution in [0.2, 0.25) is 0 Å². The maximum atomic E-state index is 5.89. The zero-order valence-electron chi connectivity index (χ0n) is 23.0. The molecule has 1 unspecified atom stereocenters. The smallest absolute Gasteiger partial charge is 0.159 e. The fourth-order valence-electron chi connectivity index (χ4n) is 4.04. The lowest BCUT2D eigenvalue weighted by molar-refractivity contribution is 0.0304. The van der Waals surface area contributed by atoms with E-state index in [1.165, 1.54) is 44.9 Å². The van der Waals surface area contributed by atoms with Crippen LogP contribution in [-0.4, -0.2) is 35.9 Å². The van der Waals surface area contributed by atoms with E-state index in [4.69, 9.17) is 14.2 Å². The minimum absolute atomic E-state index is 0.0819. The molecule has 0 radical (unpaired) electrons. The predicted molar refractivity (Wildman–Crippen MR) is 152 cm³/mol. The molecule has 0 aliphatic rings. The lowest BCUT2D eigenvalue weighted by Gasteiger charge is -2.14. The normalized spacial score (nSPS) is 11.9. The number of benzene rings is 2. The summed E-state index contributed by atoms with van der Waals surface area (Å²) >= 11 is 0. The highest BCUT2D eigenvalue weighted by molar-refractivity contribution is 5.64. The van der Waals surface area contributed by atoms with Crippen molar-refractivity contribution < 1.29 is 14.2 Å². The van der Waals surface area contributed by atoms with E-state index in [1.807, 2.05) is 60.9 Å². The zero-order valence-corrected chi connectivity index (χ0v) is 23.0. The van der Waals surface area contributed by atoms with Crippen molar-refractivity contribution in [2.45, 2.75) is 84.7 Å². The monoisotopic (exact) mass is 504 g/mol. The van der Waals surface area contributed by atoms with Crippen molar-refractivity contribution in [2.75, 3.05) is 19.8 Å². The van der Waals surface area contributed by atoms with E-state index in [0.29, 0.717) is 12.4 Å². The van der Waals surface area contributed by atoms with Gasteiger partial charge in [0, 0.05) is 30.1 Å². The summed E-state index contributed by atoms with van der Waals surface area (Å²) in [5.41, 5.74) is 3.01. The van der Waals surface area contributed by atoms with Gasteiger partial charge in [0.05, 0.1) is 12.7 Å². The third-order valence-corrected chi connectivity index (χ3v) is 6.35. The van der Waals surface area contributed by atoms with Crippen LogP contribution in [0.4, 0.5) is 0 Å². The van der Waals surface area contributed by atoms with E-state index in [0.717, 1.165) is 54.2 Å². The SMILES string of the molecule is CCCCCCCCOc1ccc(-c2ncc(-c3ccc(OCC(C)OCCCCC)cc3)cn2)cc1. The van der Waals surface area contributed by atoms with Crippen LogP contribution < -0.4 is 9.47 Å². The fraction of sp³-hybridized carbons (Fsp3) is 0.500. The van der Waals surface area contributed by atoms with Gasteiger partial charge >= 0.3 is 0 Å². The van der Waals surface area contributed by atoms with Crippen LogP contribution in [0.5, 0.6) is 11.5 Å². The van der Waals surface area contributed by atoms with E-state index in [-0.39, 0.29) is 6.10 Å². The molecule has 0 saturated heterocycles. The maximum absolute atomic E-state index is 5.89. The standard InChI is InChI=1S/C32H44N2O3/c1-4-6-8-9-10-12-22-36-30-19-15-28(16-20-30)32-33-23-29(24-34-32)27-13-17-31(18-14-27)37-25-26(3)35-21-11-7-5-2/h13-20,23-24,26H,4-12,21-22,25H2,1-3H3. The molecule has 0 N–H and O–H groups in total. The van der Waals surface area contributed by atoms with Gasteiger partial charge in [-0.15, -0.1) is 0 Å². The highest BCUT2D eigenvalue weighted by atomic mass is 16.5. The molecule has 0 bridgehead atoms. The van der Waals surface area contributed by atoms with Crippen molar-refractivity contribution >= 4 is 0 Å². The van der Waals surface area contributed by atoms with Gasteiger partial charge < -0.3 is 14.2 Å². The fourth-order valence-corrected chi connectivity index (χ4v) is 4.04. The molecule has 37 heavy (non-hydrogen) atoms. The van der Waals surface area contributed by atoms with Gasteiger partial charge in [-0.3, -0.25) is 0 Å². The molecule has 0 aliphatic carbocycles. The maximum Gasteiger partial charge on any atom is 0.159 e. The van der Waals surface area contributed by atoms with Crippen LogP contribution in [0.3, 0.4) is 0 Å². The predicted octanol–water partition coefficient (Wildman–Crippen LogP) is 8.52. The van der Waals surface area contributed by atoms with Crippen LogP contribution in [0.1, 0.15) is 78.6 Å². The van der Waals surface area contributed by atoms with Crippen LogP contribution in [0.15, 0.2) is 60.9 Å². The van der Waals surface area contributed by atoms with Crippen LogP contribution in [0, 0.1) is 0 Å². The minimum Gasteiger partial charge on any atom is -0.494 e. The van der Waals surface area contributed by atoms with Gasteiger partial charge in [-0.2, -0.15) is 0 Å². The molecule has 1 atom stereocenters. The third kappa shape index (κ3) is 10.5. The molecule has 5 nitrogen and oxygen atoms in total. The largest absolute Gasteiger partial charge is 0.494 e. The summed E-state index contributed by atoms with van der Waals surface area (Å²) in [5, 5.41) is 0. The Morgan fingerprint density at radius 2 is 1.14 bits per heavy atom. The molecule has 2 aromatic carbocycles. The molecule has 3 rings (SSSR count). The summed E-state index contributed by atoms with van der Waals surface area (Å²) in [6.07, 6.45) is 14.9. The van der Waals surface area contributed by atoms with E-state index < -0.39 is 0 Å². The molecule has 200 valence electrons. The van der Waals surface area contributed by atoms with Crippen molar-refractivity contribution in [1.82, 2.24) is 9.97 Å². The Balaban J connectivity index is 1.43. The summed E-state index contributed by atoms with van der Waals surface area (Å²) in [6, 6.07) is 16.1. The van der Waals surface area contributed by atoms with Crippen LogP contribution in [-0.2, 0) is 4.74 Å². The van der Waals surface area contributed by atoms with E-state index in [1.54, 1.807) is 0 Å².